The van der Waals surface area contributed by atoms with Crippen molar-refractivity contribution in [1.29, 1.82) is 0 Å². The lowest BCUT2D eigenvalue weighted by Crippen LogP contribution is -2.44. The third-order valence-electron chi connectivity index (χ3n) is 3.62. The van der Waals surface area contributed by atoms with Crippen LogP contribution in [0.4, 0.5) is 5.69 Å². The zero-order valence-corrected chi connectivity index (χ0v) is 13.8. The van der Waals surface area contributed by atoms with E-state index in [1.54, 1.807) is 0 Å². The molecule has 25 heavy (non-hydrogen) atoms. The highest BCUT2D eigenvalue weighted by molar-refractivity contribution is 7.84. The van der Waals surface area contributed by atoms with Crippen molar-refractivity contribution in [2.24, 2.45) is 0 Å². The minimum atomic E-state index is -4.38. The first-order valence-corrected chi connectivity index (χ1v) is 8.22. The number of non-ortho nitro benzene ring substituents is 1. The van der Waals surface area contributed by atoms with E-state index in [0.29, 0.717) is 9.69 Å². The maximum Gasteiger partial charge on any atom is 0.359 e. The number of nitro groups is 1. The molecule has 0 spiro atoms. The van der Waals surface area contributed by atoms with Gasteiger partial charge in [-0.25, -0.2) is 0 Å². The third-order valence-corrected chi connectivity index (χ3v) is 4.85. The molecule has 0 atom stereocenters. The van der Waals surface area contributed by atoms with Crippen molar-refractivity contribution in [3.63, 3.8) is 0 Å². The summed E-state index contributed by atoms with van der Waals surface area (Å²) in [5.74, 6) is -2.06. The maximum absolute atomic E-state index is 12.6. The smallest absolute Gasteiger partial charge is 0.266 e. The molecule has 2 amide bonds. The molecule has 1 aliphatic heterocycles. The standard InChI is InChI=1S/C14H11N3O7S/c1-15(2)25(22,23)24-16-13(18)10-5-3-4-8-6-9(17(20)21)7-11(12(8)10)14(16)19/h3-7H,1-2H3. The van der Waals surface area contributed by atoms with E-state index in [9.17, 15) is 28.1 Å². The molecule has 0 fully saturated rings. The summed E-state index contributed by atoms with van der Waals surface area (Å²) in [7, 11) is -2.06. The number of nitrogens with zero attached hydrogens (tertiary/aromatic N) is 3. The molecule has 0 saturated heterocycles. The van der Waals surface area contributed by atoms with Crippen LogP contribution in [-0.2, 0) is 14.6 Å². The minimum absolute atomic E-state index is 0.0101. The number of imide groups is 1. The molecule has 130 valence electrons. The van der Waals surface area contributed by atoms with E-state index in [2.05, 4.69) is 4.28 Å². The van der Waals surface area contributed by atoms with Crippen molar-refractivity contribution in [3.8, 4) is 0 Å². The third kappa shape index (κ3) is 2.63. The summed E-state index contributed by atoms with van der Waals surface area (Å²) in [6.07, 6.45) is 0. The number of amides is 2. The molecule has 11 heteroatoms. The Hall–Kier alpha value is -2.89. The number of hydrogen-bond acceptors (Lipinski definition) is 7. The summed E-state index contributed by atoms with van der Waals surface area (Å²) < 4.78 is 29.0. The van der Waals surface area contributed by atoms with Gasteiger partial charge >= 0.3 is 10.3 Å². The first-order chi connectivity index (χ1) is 11.6. The molecule has 1 heterocycles. The molecule has 0 aliphatic carbocycles. The SMILES string of the molecule is CN(C)S(=O)(=O)ON1C(=O)c2cccc3cc([N+](=O)[O-])cc(c23)C1=O. The normalized spacial score (nSPS) is 14.4. The van der Waals surface area contributed by atoms with E-state index in [1.807, 2.05) is 0 Å². The minimum Gasteiger partial charge on any atom is -0.266 e. The van der Waals surface area contributed by atoms with E-state index in [4.69, 9.17) is 0 Å². The fourth-order valence-corrected chi connectivity index (χ4v) is 2.86. The van der Waals surface area contributed by atoms with Crippen LogP contribution in [0.25, 0.3) is 10.8 Å². The number of hydroxylamine groups is 2. The summed E-state index contributed by atoms with van der Waals surface area (Å²) in [5.41, 5.74) is -0.540. The van der Waals surface area contributed by atoms with Crippen molar-refractivity contribution in [2.75, 3.05) is 14.1 Å². The summed E-state index contributed by atoms with van der Waals surface area (Å²) in [4.78, 5) is 35.4. The molecule has 10 nitrogen and oxygen atoms in total. The van der Waals surface area contributed by atoms with Gasteiger partial charge in [0.25, 0.3) is 17.5 Å². The van der Waals surface area contributed by atoms with E-state index >= 15 is 0 Å². The monoisotopic (exact) mass is 365 g/mol. The number of hydrogen-bond donors (Lipinski definition) is 0. The Balaban J connectivity index is 2.23. The Morgan fingerprint density at radius 2 is 1.76 bits per heavy atom. The van der Waals surface area contributed by atoms with Crippen molar-refractivity contribution >= 4 is 38.6 Å². The zero-order chi connectivity index (χ0) is 18.5. The highest BCUT2D eigenvalue weighted by Crippen LogP contribution is 2.33. The van der Waals surface area contributed by atoms with Gasteiger partial charge in [0.1, 0.15) is 0 Å². The Bertz CT molecular complexity index is 1050. The Morgan fingerprint density at radius 3 is 2.36 bits per heavy atom. The first kappa shape index (κ1) is 17.0. The Labute approximate surface area is 141 Å². The molecule has 2 aromatic rings. The zero-order valence-electron chi connectivity index (χ0n) is 13.0. The van der Waals surface area contributed by atoms with Crippen LogP contribution < -0.4 is 0 Å². The lowest BCUT2D eigenvalue weighted by Gasteiger charge is -2.26. The average molecular weight is 365 g/mol. The topological polar surface area (TPSA) is 127 Å². The molecule has 0 N–H and O–H groups in total. The molecule has 1 aliphatic rings. The van der Waals surface area contributed by atoms with Gasteiger partial charge in [0, 0.05) is 31.6 Å². The Morgan fingerprint density at radius 1 is 1.12 bits per heavy atom. The van der Waals surface area contributed by atoms with Gasteiger partial charge in [0.2, 0.25) is 0 Å². The molecule has 2 aromatic carbocycles. The van der Waals surface area contributed by atoms with E-state index in [1.165, 1.54) is 24.3 Å². The highest BCUT2D eigenvalue weighted by Gasteiger charge is 2.38. The molecule has 3 rings (SSSR count). The number of nitro benzene ring substituents is 1. The van der Waals surface area contributed by atoms with E-state index in [-0.39, 0.29) is 27.3 Å². The fraction of sp³-hybridized carbons (Fsp3) is 0.143. The van der Waals surface area contributed by atoms with Gasteiger partial charge in [-0.1, -0.05) is 12.1 Å². The summed E-state index contributed by atoms with van der Waals surface area (Å²) in [5, 5.41) is 11.7. The van der Waals surface area contributed by atoms with Gasteiger partial charge in [-0.3, -0.25) is 19.7 Å². The van der Waals surface area contributed by atoms with Crippen LogP contribution in [0.5, 0.6) is 0 Å². The van der Waals surface area contributed by atoms with Crippen molar-refractivity contribution in [2.45, 2.75) is 0 Å². The van der Waals surface area contributed by atoms with Crippen LogP contribution in [0.1, 0.15) is 20.7 Å². The summed E-state index contributed by atoms with van der Waals surface area (Å²) >= 11 is 0. The van der Waals surface area contributed by atoms with Crippen molar-refractivity contribution in [3.05, 3.63) is 51.6 Å². The van der Waals surface area contributed by atoms with Gasteiger partial charge in [-0.2, -0.15) is 12.7 Å². The lowest BCUT2D eigenvalue weighted by atomic mass is 9.94. The second-order valence-electron chi connectivity index (χ2n) is 5.37. The second-order valence-corrected chi connectivity index (χ2v) is 7.11. The predicted molar refractivity (Wildman–Crippen MR) is 84.8 cm³/mol. The molecule has 0 bridgehead atoms. The average Bonchev–Trinajstić information content (AvgIpc) is 2.55. The van der Waals surface area contributed by atoms with Gasteiger partial charge in [-0.05, 0) is 11.5 Å². The fourth-order valence-electron chi connectivity index (χ4n) is 2.40. The Kier molecular flexibility index (Phi) is 3.78. The molecule has 0 radical (unpaired) electrons. The van der Waals surface area contributed by atoms with Gasteiger partial charge in [0.05, 0.1) is 16.1 Å². The maximum atomic E-state index is 12.6. The summed E-state index contributed by atoms with van der Waals surface area (Å²) in [6, 6.07) is 6.58. The van der Waals surface area contributed by atoms with Crippen molar-refractivity contribution < 1.29 is 27.2 Å². The second kappa shape index (κ2) is 5.58. The summed E-state index contributed by atoms with van der Waals surface area (Å²) in [6.45, 7) is 0. The predicted octanol–water partition coefficient (Wildman–Crippen LogP) is 1.08. The van der Waals surface area contributed by atoms with E-state index < -0.39 is 27.0 Å². The van der Waals surface area contributed by atoms with Crippen LogP contribution in [-0.4, -0.2) is 48.6 Å². The number of carbonyl (C=O) groups excluding carboxylic acids is 2. The molecule has 0 aromatic heterocycles. The molecule has 0 saturated carbocycles. The quantitative estimate of drug-likeness (QED) is 0.450. The van der Waals surface area contributed by atoms with Crippen LogP contribution in [0.3, 0.4) is 0 Å². The molecular formula is C14H11N3O7S. The van der Waals surface area contributed by atoms with Gasteiger partial charge in [0.15, 0.2) is 0 Å². The highest BCUT2D eigenvalue weighted by atomic mass is 32.2. The van der Waals surface area contributed by atoms with Crippen molar-refractivity contribution in [1.82, 2.24) is 9.37 Å². The van der Waals surface area contributed by atoms with Crippen LogP contribution in [0, 0.1) is 10.1 Å². The van der Waals surface area contributed by atoms with Crippen LogP contribution in [0.15, 0.2) is 30.3 Å². The molecular weight excluding hydrogens is 354 g/mol. The molecule has 0 unspecified atom stereocenters. The first-order valence-electron chi connectivity index (χ1n) is 6.85. The van der Waals surface area contributed by atoms with Gasteiger partial charge < -0.3 is 0 Å². The van der Waals surface area contributed by atoms with Crippen LogP contribution in [0.2, 0.25) is 0 Å². The van der Waals surface area contributed by atoms with Gasteiger partial charge in [-0.15, -0.1) is 9.35 Å². The largest absolute Gasteiger partial charge is 0.359 e. The lowest BCUT2D eigenvalue weighted by molar-refractivity contribution is -0.384. The number of rotatable bonds is 4. The van der Waals surface area contributed by atoms with E-state index in [0.717, 1.165) is 20.2 Å². The van der Waals surface area contributed by atoms with Crippen LogP contribution >= 0.6 is 0 Å². The number of benzene rings is 2. The number of carbonyl (C=O) groups is 2.